The van der Waals surface area contributed by atoms with Gasteiger partial charge in [-0.3, -0.25) is 0 Å². The molecule has 0 saturated carbocycles. The molecule has 0 bridgehead atoms. The number of benzene rings is 1. The molecule has 0 aliphatic carbocycles. The van der Waals surface area contributed by atoms with Gasteiger partial charge in [0.1, 0.15) is 0 Å². The number of hydrogen-bond acceptors (Lipinski definition) is 2. The van der Waals surface area contributed by atoms with E-state index in [0.29, 0.717) is 5.95 Å². The second-order valence-electron chi connectivity index (χ2n) is 2.45. The first-order valence-electron chi connectivity index (χ1n) is 3.64. The highest BCUT2D eigenvalue weighted by Crippen LogP contribution is 2.19. The topological polar surface area (TPSA) is 29.9 Å². The van der Waals surface area contributed by atoms with Crippen LogP contribution in [0.3, 0.4) is 0 Å². The zero-order chi connectivity index (χ0) is 8.55. The second kappa shape index (κ2) is 2.68. The van der Waals surface area contributed by atoms with E-state index in [4.69, 9.17) is 11.8 Å². The summed E-state index contributed by atoms with van der Waals surface area (Å²) in [5.74, 6) is 0.665. The Hall–Kier alpha value is -1.22. The van der Waals surface area contributed by atoms with E-state index in [1.54, 1.807) is 7.05 Å². The standard InChI is InChI=1S/C8H8ClN3/c1-10-8-11-6-4-2-3-5-7(6)12(8)9/h2-5H,1H3,(H,10,11). The summed E-state index contributed by atoms with van der Waals surface area (Å²) in [6, 6.07) is 7.72. The Labute approximate surface area is 75.1 Å². The van der Waals surface area contributed by atoms with Gasteiger partial charge >= 0.3 is 0 Å². The highest BCUT2D eigenvalue weighted by atomic mass is 35.5. The van der Waals surface area contributed by atoms with Crippen LogP contribution >= 0.6 is 11.8 Å². The van der Waals surface area contributed by atoms with Crippen molar-refractivity contribution in [2.24, 2.45) is 0 Å². The van der Waals surface area contributed by atoms with Gasteiger partial charge in [0.05, 0.1) is 11.0 Å². The summed E-state index contributed by atoms with van der Waals surface area (Å²) in [4.78, 5) is 4.25. The van der Waals surface area contributed by atoms with Gasteiger partial charge in [0, 0.05) is 18.8 Å². The first-order chi connectivity index (χ1) is 5.83. The molecule has 0 unspecified atom stereocenters. The van der Waals surface area contributed by atoms with Gasteiger partial charge in [-0.05, 0) is 12.1 Å². The van der Waals surface area contributed by atoms with Gasteiger partial charge in [-0.2, -0.15) is 0 Å². The zero-order valence-corrected chi connectivity index (χ0v) is 7.34. The molecular formula is C8H8ClN3. The molecule has 0 fully saturated rings. The molecule has 1 N–H and O–H groups in total. The molecule has 2 aromatic rings. The van der Waals surface area contributed by atoms with Crippen molar-refractivity contribution in [2.45, 2.75) is 0 Å². The third-order valence-corrected chi connectivity index (χ3v) is 2.07. The highest BCUT2D eigenvalue weighted by Gasteiger charge is 2.05. The minimum atomic E-state index is 0.665. The predicted octanol–water partition coefficient (Wildman–Crippen LogP) is 2.08. The number of halogens is 1. The molecule has 0 spiro atoms. The third-order valence-electron chi connectivity index (χ3n) is 1.73. The lowest BCUT2D eigenvalue weighted by Gasteiger charge is -1.95. The molecular weight excluding hydrogens is 174 g/mol. The van der Waals surface area contributed by atoms with Crippen LogP contribution in [0.4, 0.5) is 5.95 Å². The van der Waals surface area contributed by atoms with Crippen LogP contribution in [0.15, 0.2) is 24.3 Å². The summed E-state index contributed by atoms with van der Waals surface area (Å²) in [6.07, 6.45) is 0. The van der Waals surface area contributed by atoms with E-state index in [1.165, 1.54) is 4.09 Å². The molecule has 1 aromatic heterocycles. The number of nitrogens with one attached hydrogen (secondary N) is 1. The molecule has 3 nitrogen and oxygen atoms in total. The van der Waals surface area contributed by atoms with E-state index in [-0.39, 0.29) is 0 Å². The molecule has 12 heavy (non-hydrogen) atoms. The van der Waals surface area contributed by atoms with Crippen molar-refractivity contribution in [2.75, 3.05) is 12.4 Å². The van der Waals surface area contributed by atoms with E-state index >= 15 is 0 Å². The van der Waals surface area contributed by atoms with Crippen LogP contribution in [0.5, 0.6) is 0 Å². The highest BCUT2D eigenvalue weighted by molar-refractivity contribution is 6.20. The SMILES string of the molecule is CNc1nc2ccccc2n1Cl. The van der Waals surface area contributed by atoms with Crippen LogP contribution in [-0.2, 0) is 0 Å². The number of hydrogen-bond donors (Lipinski definition) is 1. The Kier molecular flexibility index (Phi) is 1.66. The summed E-state index contributed by atoms with van der Waals surface area (Å²) in [5.41, 5.74) is 1.82. The Morgan fingerprint density at radius 1 is 1.42 bits per heavy atom. The Morgan fingerprint density at radius 3 is 2.83 bits per heavy atom. The van der Waals surface area contributed by atoms with Crippen molar-refractivity contribution in [1.29, 1.82) is 0 Å². The number of anilines is 1. The smallest absolute Gasteiger partial charge is 0.218 e. The lowest BCUT2D eigenvalue weighted by atomic mass is 10.3. The molecule has 4 heteroatoms. The number of aromatic nitrogens is 2. The molecule has 0 amide bonds. The molecule has 0 aliphatic rings. The van der Waals surface area contributed by atoms with E-state index < -0.39 is 0 Å². The van der Waals surface area contributed by atoms with Crippen LogP contribution in [0.1, 0.15) is 0 Å². The normalized spacial score (nSPS) is 10.5. The fourth-order valence-electron chi connectivity index (χ4n) is 1.15. The van der Waals surface area contributed by atoms with Crippen molar-refractivity contribution in [3.05, 3.63) is 24.3 Å². The average Bonchev–Trinajstić information content (AvgIpc) is 2.44. The van der Waals surface area contributed by atoms with Crippen molar-refractivity contribution in [1.82, 2.24) is 9.07 Å². The Balaban J connectivity index is 2.78. The number of nitrogens with zero attached hydrogens (tertiary/aromatic N) is 2. The summed E-state index contributed by atoms with van der Waals surface area (Å²) >= 11 is 5.95. The zero-order valence-electron chi connectivity index (χ0n) is 6.58. The quantitative estimate of drug-likeness (QED) is 0.730. The Morgan fingerprint density at radius 2 is 2.17 bits per heavy atom. The molecule has 1 heterocycles. The van der Waals surface area contributed by atoms with Crippen LogP contribution < -0.4 is 5.32 Å². The predicted molar refractivity (Wildman–Crippen MR) is 50.5 cm³/mol. The van der Waals surface area contributed by atoms with Crippen molar-refractivity contribution in [3.8, 4) is 0 Å². The van der Waals surface area contributed by atoms with Gasteiger partial charge in [0.15, 0.2) is 0 Å². The van der Waals surface area contributed by atoms with Crippen molar-refractivity contribution in [3.63, 3.8) is 0 Å². The minimum absolute atomic E-state index is 0.665. The van der Waals surface area contributed by atoms with E-state index in [1.807, 2.05) is 24.3 Å². The van der Waals surface area contributed by atoms with Gasteiger partial charge in [-0.25, -0.2) is 9.07 Å². The van der Waals surface area contributed by atoms with Gasteiger partial charge in [0.25, 0.3) is 0 Å². The Bertz CT molecular complexity index is 408. The fourth-order valence-corrected chi connectivity index (χ4v) is 1.42. The van der Waals surface area contributed by atoms with E-state index in [9.17, 15) is 0 Å². The largest absolute Gasteiger partial charge is 0.358 e. The van der Waals surface area contributed by atoms with E-state index in [2.05, 4.69) is 10.3 Å². The van der Waals surface area contributed by atoms with E-state index in [0.717, 1.165) is 11.0 Å². The first kappa shape index (κ1) is 7.43. The maximum absolute atomic E-state index is 5.95. The number of rotatable bonds is 1. The van der Waals surface area contributed by atoms with Gasteiger partial charge in [-0.15, -0.1) is 0 Å². The van der Waals surface area contributed by atoms with Crippen LogP contribution in [-0.4, -0.2) is 16.1 Å². The molecule has 1 aromatic carbocycles. The molecule has 0 radical (unpaired) electrons. The lowest BCUT2D eigenvalue weighted by molar-refractivity contribution is 1.21. The molecule has 62 valence electrons. The summed E-state index contributed by atoms with van der Waals surface area (Å²) < 4.78 is 1.51. The van der Waals surface area contributed by atoms with Gasteiger partial charge < -0.3 is 5.32 Å². The average molecular weight is 182 g/mol. The fraction of sp³-hybridized carbons (Fsp3) is 0.125. The van der Waals surface area contributed by atoms with Crippen LogP contribution in [0, 0.1) is 0 Å². The summed E-state index contributed by atoms with van der Waals surface area (Å²) in [7, 11) is 1.79. The first-order valence-corrected chi connectivity index (χ1v) is 3.98. The summed E-state index contributed by atoms with van der Waals surface area (Å²) in [6.45, 7) is 0. The van der Waals surface area contributed by atoms with Gasteiger partial charge in [-0.1, -0.05) is 12.1 Å². The maximum Gasteiger partial charge on any atom is 0.218 e. The van der Waals surface area contributed by atoms with Crippen LogP contribution in [0.2, 0.25) is 0 Å². The molecule has 0 atom stereocenters. The third kappa shape index (κ3) is 0.940. The minimum Gasteiger partial charge on any atom is -0.358 e. The molecule has 2 rings (SSSR count). The summed E-state index contributed by atoms with van der Waals surface area (Å²) in [5, 5.41) is 2.90. The maximum atomic E-state index is 5.95. The second-order valence-corrected chi connectivity index (χ2v) is 2.79. The number of fused-ring (bicyclic) bond motifs is 1. The number of para-hydroxylation sites is 2. The van der Waals surface area contributed by atoms with Gasteiger partial charge in [0.2, 0.25) is 5.95 Å². The number of imidazole rings is 1. The van der Waals surface area contributed by atoms with Crippen LogP contribution in [0.25, 0.3) is 11.0 Å². The molecule has 0 aliphatic heterocycles. The lowest BCUT2D eigenvalue weighted by Crippen LogP contribution is -1.93. The van der Waals surface area contributed by atoms with Crippen molar-refractivity contribution < 1.29 is 0 Å². The molecule has 0 saturated heterocycles. The van der Waals surface area contributed by atoms with Crippen molar-refractivity contribution >= 4 is 28.8 Å². The monoisotopic (exact) mass is 181 g/mol.